The molecule has 2 aromatic rings. The first-order valence-electron chi connectivity index (χ1n) is 6.19. The molecule has 0 radical (unpaired) electrons. The molecule has 0 aliphatic carbocycles. The van der Waals surface area contributed by atoms with Crippen LogP contribution in [-0.2, 0) is 12.6 Å². The number of anilines is 2. The highest BCUT2D eigenvalue weighted by Gasteiger charge is 2.31. The zero-order valence-corrected chi connectivity index (χ0v) is 11.6. The number of hydrogen-bond donors (Lipinski definition) is 1. The van der Waals surface area contributed by atoms with Crippen molar-refractivity contribution in [1.29, 1.82) is 0 Å². The Morgan fingerprint density at radius 1 is 1.00 bits per heavy atom. The van der Waals surface area contributed by atoms with Crippen LogP contribution in [0.25, 0.3) is 0 Å². The maximum Gasteiger partial charge on any atom is 0.416 e. The fourth-order valence-corrected chi connectivity index (χ4v) is 2.03. The average Bonchev–Trinajstić information content (AvgIpc) is 2.42. The van der Waals surface area contributed by atoms with Crippen molar-refractivity contribution in [3.8, 4) is 0 Å². The van der Waals surface area contributed by atoms with E-state index in [2.05, 4.69) is 5.32 Å². The predicted octanol–water partition coefficient (Wildman–Crippen LogP) is 5.37. The Hall–Kier alpha value is -1.75. The Morgan fingerprint density at radius 2 is 1.67 bits per heavy atom. The molecule has 0 amide bonds. The summed E-state index contributed by atoms with van der Waals surface area (Å²) in [6.07, 6.45) is -3.83. The van der Waals surface area contributed by atoms with Crippen molar-refractivity contribution < 1.29 is 17.6 Å². The minimum absolute atomic E-state index is 0.00640. The lowest BCUT2D eigenvalue weighted by Gasteiger charge is -2.11. The molecule has 0 heterocycles. The van der Waals surface area contributed by atoms with Gasteiger partial charge in [-0.05, 0) is 42.3 Å². The zero-order valence-electron chi connectivity index (χ0n) is 10.8. The van der Waals surface area contributed by atoms with Gasteiger partial charge >= 0.3 is 6.18 Å². The van der Waals surface area contributed by atoms with E-state index in [0.717, 1.165) is 24.1 Å². The molecule has 0 unspecified atom stereocenters. The summed E-state index contributed by atoms with van der Waals surface area (Å²) >= 11 is 5.62. The van der Waals surface area contributed by atoms with Gasteiger partial charge in [0.2, 0.25) is 0 Å². The van der Waals surface area contributed by atoms with Crippen molar-refractivity contribution >= 4 is 23.0 Å². The molecule has 0 aromatic heterocycles. The second-order valence-corrected chi connectivity index (χ2v) is 4.83. The van der Waals surface area contributed by atoms with Gasteiger partial charge in [-0.3, -0.25) is 0 Å². The van der Waals surface area contributed by atoms with E-state index in [0.29, 0.717) is 17.6 Å². The van der Waals surface area contributed by atoms with Gasteiger partial charge in [0.15, 0.2) is 0 Å². The number of aryl methyl sites for hydroxylation is 1. The lowest BCUT2D eigenvalue weighted by molar-refractivity contribution is -0.137. The van der Waals surface area contributed by atoms with E-state index in [4.69, 9.17) is 11.6 Å². The van der Waals surface area contributed by atoms with Gasteiger partial charge in [0.1, 0.15) is 5.82 Å². The van der Waals surface area contributed by atoms with Gasteiger partial charge in [-0.1, -0.05) is 12.1 Å². The normalized spacial score (nSPS) is 11.5. The van der Waals surface area contributed by atoms with Gasteiger partial charge in [-0.15, -0.1) is 11.6 Å². The molecule has 1 N–H and O–H groups in total. The molecule has 0 aliphatic rings. The summed E-state index contributed by atoms with van der Waals surface area (Å²) in [6.45, 7) is 0. The van der Waals surface area contributed by atoms with Crippen LogP contribution in [-0.4, -0.2) is 5.88 Å². The second kappa shape index (κ2) is 6.35. The van der Waals surface area contributed by atoms with Crippen LogP contribution >= 0.6 is 11.6 Å². The Labute approximate surface area is 124 Å². The summed E-state index contributed by atoms with van der Waals surface area (Å²) in [7, 11) is 0. The second-order valence-electron chi connectivity index (χ2n) is 4.45. The number of rotatable bonds is 4. The maximum atomic E-state index is 13.7. The molecule has 0 bridgehead atoms. The minimum atomic E-state index is -4.55. The van der Waals surface area contributed by atoms with Crippen LogP contribution in [0.4, 0.5) is 28.9 Å². The highest BCUT2D eigenvalue weighted by atomic mass is 35.5. The van der Waals surface area contributed by atoms with Gasteiger partial charge in [0.05, 0.1) is 11.3 Å². The third-order valence-corrected chi connectivity index (χ3v) is 3.10. The van der Waals surface area contributed by atoms with Gasteiger partial charge in [-0.2, -0.15) is 13.2 Å². The Balaban J connectivity index is 2.16. The fraction of sp³-hybridized carbons (Fsp3) is 0.200. The third-order valence-electron chi connectivity index (χ3n) is 2.91. The molecule has 0 atom stereocenters. The number of benzene rings is 2. The lowest BCUT2D eigenvalue weighted by atomic mass is 10.1. The number of hydrogen-bond acceptors (Lipinski definition) is 1. The van der Waals surface area contributed by atoms with E-state index in [-0.39, 0.29) is 5.69 Å². The van der Waals surface area contributed by atoms with Crippen molar-refractivity contribution in [3.63, 3.8) is 0 Å². The molecule has 0 saturated heterocycles. The Morgan fingerprint density at radius 3 is 2.19 bits per heavy atom. The van der Waals surface area contributed by atoms with Crippen molar-refractivity contribution in [2.45, 2.75) is 12.6 Å². The molecule has 0 saturated carbocycles. The summed E-state index contributed by atoms with van der Waals surface area (Å²) in [4.78, 5) is 0. The molecule has 2 aromatic carbocycles. The molecule has 0 spiro atoms. The van der Waals surface area contributed by atoms with Crippen molar-refractivity contribution in [2.75, 3.05) is 11.2 Å². The molecule has 0 aliphatic heterocycles. The van der Waals surface area contributed by atoms with Crippen LogP contribution in [0.15, 0.2) is 42.5 Å². The molecule has 112 valence electrons. The van der Waals surface area contributed by atoms with E-state index in [1.807, 2.05) is 12.1 Å². The predicted molar refractivity (Wildman–Crippen MR) is 75.6 cm³/mol. The van der Waals surface area contributed by atoms with Gasteiger partial charge in [-0.25, -0.2) is 4.39 Å². The largest absolute Gasteiger partial charge is 0.416 e. The summed E-state index contributed by atoms with van der Waals surface area (Å²) in [5, 5.41) is 2.74. The van der Waals surface area contributed by atoms with Gasteiger partial charge < -0.3 is 5.32 Å². The Bertz CT molecular complexity index is 608. The van der Waals surface area contributed by atoms with E-state index in [9.17, 15) is 17.6 Å². The number of nitrogens with one attached hydrogen (secondary N) is 1. The topological polar surface area (TPSA) is 12.0 Å². The van der Waals surface area contributed by atoms with E-state index >= 15 is 0 Å². The first kappa shape index (κ1) is 15.6. The summed E-state index contributed by atoms with van der Waals surface area (Å²) in [5.74, 6) is -0.449. The number of alkyl halides is 4. The molecular formula is C15H12ClF4N. The van der Waals surface area contributed by atoms with Crippen LogP contribution in [0, 0.1) is 5.82 Å². The van der Waals surface area contributed by atoms with Crippen LogP contribution < -0.4 is 5.32 Å². The summed E-state index contributed by atoms with van der Waals surface area (Å²) in [5.41, 5.74) is 0.603. The maximum absolute atomic E-state index is 13.7. The zero-order chi connectivity index (χ0) is 15.5. The minimum Gasteiger partial charge on any atom is -0.353 e. The first-order valence-corrected chi connectivity index (χ1v) is 6.72. The SMILES string of the molecule is Fc1cc(C(F)(F)F)ccc1Nc1ccc(CCCl)cc1. The smallest absolute Gasteiger partial charge is 0.353 e. The van der Waals surface area contributed by atoms with E-state index in [1.54, 1.807) is 12.1 Å². The van der Waals surface area contributed by atoms with Crippen LogP contribution in [0.2, 0.25) is 0 Å². The third kappa shape index (κ3) is 4.11. The molecule has 6 heteroatoms. The van der Waals surface area contributed by atoms with Crippen LogP contribution in [0.1, 0.15) is 11.1 Å². The quantitative estimate of drug-likeness (QED) is 0.590. The van der Waals surface area contributed by atoms with Gasteiger partial charge in [0.25, 0.3) is 0 Å². The summed E-state index contributed by atoms with van der Waals surface area (Å²) in [6, 6.07) is 9.49. The lowest BCUT2D eigenvalue weighted by Crippen LogP contribution is -2.06. The van der Waals surface area contributed by atoms with Crippen molar-refractivity contribution in [2.24, 2.45) is 0 Å². The highest BCUT2D eigenvalue weighted by Crippen LogP contribution is 2.32. The van der Waals surface area contributed by atoms with Crippen molar-refractivity contribution in [1.82, 2.24) is 0 Å². The summed E-state index contributed by atoms with van der Waals surface area (Å²) < 4.78 is 51.0. The van der Waals surface area contributed by atoms with Crippen molar-refractivity contribution in [3.05, 3.63) is 59.4 Å². The molecule has 1 nitrogen and oxygen atoms in total. The Kier molecular flexibility index (Phi) is 4.73. The van der Waals surface area contributed by atoms with E-state index < -0.39 is 17.6 Å². The van der Waals surface area contributed by atoms with Gasteiger partial charge in [0, 0.05) is 11.6 Å². The number of halogens is 5. The fourth-order valence-electron chi connectivity index (χ4n) is 1.81. The molecule has 0 fully saturated rings. The van der Waals surface area contributed by atoms with E-state index in [1.165, 1.54) is 0 Å². The molecule has 2 rings (SSSR count). The van der Waals surface area contributed by atoms with Crippen LogP contribution in [0.5, 0.6) is 0 Å². The molecule has 21 heavy (non-hydrogen) atoms. The first-order chi connectivity index (χ1) is 9.90. The standard InChI is InChI=1S/C15H12ClF4N/c16-8-7-10-1-4-12(5-2-10)21-14-6-3-11(9-13(14)17)15(18,19)20/h1-6,9,21H,7-8H2. The average molecular weight is 318 g/mol. The van der Waals surface area contributed by atoms with Crippen LogP contribution in [0.3, 0.4) is 0 Å². The molecular weight excluding hydrogens is 306 g/mol. The highest BCUT2D eigenvalue weighted by molar-refractivity contribution is 6.17. The monoisotopic (exact) mass is 317 g/mol.